The average molecular weight is 534 g/mol. The molecule has 1 aliphatic heterocycles. The van der Waals surface area contributed by atoms with Crippen LogP contribution in [0.2, 0.25) is 0 Å². The molecule has 5 aromatic rings. The Morgan fingerprint density at radius 3 is 2.30 bits per heavy atom. The van der Waals surface area contributed by atoms with Gasteiger partial charge < -0.3 is 9.32 Å². The maximum atomic E-state index is 13.7. The second-order valence-electron chi connectivity index (χ2n) is 9.63. The summed E-state index contributed by atoms with van der Waals surface area (Å²) in [7, 11) is 0. The van der Waals surface area contributed by atoms with Crippen LogP contribution < -0.4 is 4.90 Å². The number of anilines is 1. The summed E-state index contributed by atoms with van der Waals surface area (Å²) in [5.74, 6) is -1.15. The standard InChI is InChI=1S/C32H24FN3O4/c33-24-14-10-22(11-15-24)20-35(29(37)18-21-6-2-1-3-7-21)27-19-30(38)36(32(27)39)25-16-12-23(13-17-25)31-34-26-8-4-5-9-28(26)40-31/h1-17,27H,18-20H2. The summed E-state index contributed by atoms with van der Waals surface area (Å²) < 4.78 is 19.3. The molecule has 1 aromatic heterocycles. The van der Waals surface area contributed by atoms with Crippen molar-refractivity contribution in [1.29, 1.82) is 0 Å². The predicted octanol–water partition coefficient (Wildman–Crippen LogP) is 5.54. The molecular formula is C32H24FN3O4. The highest BCUT2D eigenvalue weighted by atomic mass is 19.1. The van der Waals surface area contributed by atoms with Crippen LogP contribution in [-0.4, -0.2) is 33.6 Å². The molecule has 8 heteroatoms. The van der Waals surface area contributed by atoms with E-state index < -0.39 is 23.7 Å². The van der Waals surface area contributed by atoms with Gasteiger partial charge in [-0.15, -0.1) is 0 Å². The fourth-order valence-corrected chi connectivity index (χ4v) is 4.91. The summed E-state index contributed by atoms with van der Waals surface area (Å²) in [4.78, 5) is 47.3. The molecule has 0 aliphatic carbocycles. The third kappa shape index (κ3) is 4.99. The number of carbonyl (C=O) groups excluding carboxylic acids is 3. The smallest absolute Gasteiger partial charge is 0.257 e. The van der Waals surface area contributed by atoms with Gasteiger partial charge in [0, 0.05) is 12.1 Å². The van der Waals surface area contributed by atoms with Crippen LogP contribution in [0.25, 0.3) is 22.6 Å². The van der Waals surface area contributed by atoms with Crippen LogP contribution in [0.3, 0.4) is 0 Å². The van der Waals surface area contributed by atoms with Crippen LogP contribution in [0.4, 0.5) is 10.1 Å². The molecule has 7 nitrogen and oxygen atoms in total. The lowest BCUT2D eigenvalue weighted by atomic mass is 10.1. The maximum Gasteiger partial charge on any atom is 0.257 e. The van der Waals surface area contributed by atoms with Crippen molar-refractivity contribution in [3.8, 4) is 11.5 Å². The highest BCUT2D eigenvalue weighted by Crippen LogP contribution is 2.30. The summed E-state index contributed by atoms with van der Waals surface area (Å²) >= 11 is 0. The minimum Gasteiger partial charge on any atom is -0.436 e. The molecule has 1 unspecified atom stereocenters. The van der Waals surface area contributed by atoms with Crippen LogP contribution in [0, 0.1) is 5.82 Å². The first kappa shape index (κ1) is 25.2. The molecule has 1 fully saturated rings. The molecule has 0 saturated carbocycles. The van der Waals surface area contributed by atoms with Gasteiger partial charge in [0.15, 0.2) is 5.58 Å². The number of aromatic nitrogens is 1. The lowest BCUT2D eigenvalue weighted by molar-refractivity contribution is -0.138. The van der Waals surface area contributed by atoms with Gasteiger partial charge >= 0.3 is 0 Å². The van der Waals surface area contributed by atoms with Gasteiger partial charge in [-0.25, -0.2) is 14.3 Å². The van der Waals surface area contributed by atoms with Crippen molar-refractivity contribution in [2.24, 2.45) is 0 Å². The minimum absolute atomic E-state index is 0.0687. The Labute approximate surface area is 229 Å². The molecule has 40 heavy (non-hydrogen) atoms. The van der Waals surface area contributed by atoms with E-state index in [0.717, 1.165) is 16.0 Å². The van der Waals surface area contributed by atoms with Gasteiger partial charge in [-0.3, -0.25) is 14.4 Å². The highest BCUT2D eigenvalue weighted by molar-refractivity contribution is 6.23. The summed E-state index contributed by atoms with van der Waals surface area (Å²) in [6.07, 6.45) is -0.0767. The molecule has 0 bridgehead atoms. The van der Waals surface area contributed by atoms with E-state index in [-0.39, 0.29) is 25.3 Å². The zero-order valence-corrected chi connectivity index (χ0v) is 21.4. The zero-order valence-electron chi connectivity index (χ0n) is 21.4. The topological polar surface area (TPSA) is 83.7 Å². The minimum atomic E-state index is -0.981. The van der Waals surface area contributed by atoms with Gasteiger partial charge in [0.2, 0.25) is 17.7 Å². The lowest BCUT2D eigenvalue weighted by Gasteiger charge is -2.28. The number of rotatable bonds is 7. The van der Waals surface area contributed by atoms with Gasteiger partial charge in [-0.2, -0.15) is 0 Å². The number of nitrogens with zero attached hydrogens (tertiary/aromatic N) is 3. The molecule has 1 saturated heterocycles. The first-order valence-corrected chi connectivity index (χ1v) is 12.9. The summed E-state index contributed by atoms with van der Waals surface area (Å²) in [6, 6.07) is 28.2. The van der Waals surface area contributed by atoms with Gasteiger partial charge in [-0.1, -0.05) is 54.6 Å². The van der Waals surface area contributed by atoms with E-state index in [1.54, 1.807) is 36.4 Å². The molecule has 198 valence electrons. The van der Waals surface area contributed by atoms with E-state index >= 15 is 0 Å². The summed E-state index contributed by atoms with van der Waals surface area (Å²) in [5, 5.41) is 0. The molecule has 2 heterocycles. The molecule has 3 amide bonds. The zero-order chi connectivity index (χ0) is 27.6. The van der Waals surface area contributed by atoms with Gasteiger partial charge in [-0.05, 0) is 59.7 Å². The van der Waals surface area contributed by atoms with Crippen molar-refractivity contribution in [3.05, 3.63) is 120 Å². The highest BCUT2D eigenvalue weighted by Gasteiger charge is 2.44. The van der Waals surface area contributed by atoms with E-state index in [2.05, 4.69) is 4.98 Å². The maximum absolute atomic E-state index is 13.7. The first-order chi connectivity index (χ1) is 19.5. The molecular weight excluding hydrogens is 509 g/mol. The van der Waals surface area contributed by atoms with Crippen molar-refractivity contribution >= 4 is 34.5 Å². The molecule has 6 rings (SSSR count). The van der Waals surface area contributed by atoms with E-state index in [4.69, 9.17) is 4.42 Å². The molecule has 0 N–H and O–H groups in total. The fraction of sp³-hybridized carbons (Fsp3) is 0.125. The normalized spacial score (nSPS) is 15.1. The van der Waals surface area contributed by atoms with Gasteiger partial charge in [0.25, 0.3) is 5.91 Å². The van der Waals surface area contributed by atoms with E-state index in [1.807, 2.05) is 54.6 Å². The van der Waals surface area contributed by atoms with E-state index in [0.29, 0.717) is 28.3 Å². The Morgan fingerprint density at radius 1 is 0.875 bits per heavy atom. The van der Waals surface area contributed by atoms with Crippen LogP contribution >= 0.6 is 0 Å². The number of hydrogen-bond acceptors (Lipinski definition) is 5. The Balaban J connectivity index is 1.26. The van der Waals surface area contributed by atoms with Crippen molar-refractivity contribution < 1.29 is 23.2 Å². The van der Waals surface area contributed by atoms with Crippen LogP contribution in [0.1, 0.15) is 17.5 Å². The Morgan fingerprint density at radius 2 is 1.57 bits per heavy atom. The van der Waals surface area contributed by atoms with Crippen molar-refractivity contribution in [2.75, 3.05) is 4.90 Å². The Hall–Kier alpha value is -5.11. The van der Waals surface area contributed by atoms with Crippen LogP contribution in [0.15, 0.2) is 108 Å². The van der Waals surface area contributed by atoms with Crippen molar-refractivity contribution in [3.63, 3.8) is 0 Å². The third-order valence-electron chi connectivity index (χ3n) is 6.95. The number of para-hydroxylation sites is 2. The number of imide groups is 1. The Kier molecular flexibility index (Phi) is 6.66. The largest absolute Gasteiger partial charge is 0.436 e. The molecule has 4 aromatic carbocycles. The second-order valence-corrected chi connectivity index (χ2v) is 9.63. The monoisotopic (exact) mass is 533 g/mol. The fourth-order valence-electron chi connectivity index (χ4n) is 4.91. The number of oxazole rings is 1. The van der Waals surface area contributed by atoms with E-state index in [1.165, 1.54) is 17.0 Å². The van der Waals surface area contributed by atoms with Crippen LogP contribution in [-0.2, 0) is 27.3 Å². The number of benzene rings is 4. The quantitative estimate of drug-likeness (QED) is 0.257. The van der Waals surface area contributed by atoms with Crippen LogP contribution in [0.5, 0.6) is 0 Å². The second kappa shape index (κ2) is 10.6. The first-order valence-electron chi connectivity index (χ1n) is 12.9. The van der Waals surface area contributed by atoms with E-state index in [9.17, 15) is 18.8 Å². The summed E-state index contributed by atoms with van der Waals surface area (Å²) in [5.41, 5.74) is 3.94. The number of fused-ring (bicyclic) bond motifs is 1. The number of halogens is 1. The molecule has 1 atom stereocenters. The Bertz CT molecular complexity index is 1670. The predicted molar refractivity (Wildman–Crippen MR) is 147 cm³/mol. The van der Waals surface area contributed by atoms with Crippen molar-refractivity contribution in [2.45, 2.75) is 25.4 Å². The van der Waals surface area contributed by atoms with Gasteiger partial charge in [0.05, 0.1) is 18.5 Å². The number of hydrogen-bond donors (Lipinski definition) is 0. The SMILES string of the molecule is O=C1CC(N(Cc2ccc(F)cc2)C(=O)Cc2ccccc2)C(=O)N1c1ccc(-c2nc3ccccc3o2)cc1. The lowest BCUT2D eigenvalue weighted by Crippen LogP contribution is -2.45. The number of carbonyl (C=O) groups is 3. The van der Waals surface area contributed by atoms with Gasteiger partial charge in [0.1, 0.15) is 17.4 Å². The third-order valence-corrected chi connectivity index (χ3v) is 6.95. The average Bonchev–Trinajstić information content (AvgIpc) is 3.53. The molecule has 0 spiro atoms. The summed E-state index contributed by atoms with van der Waals surface area (Å²) in [6.45, 7) is 0.0696. The van der Waals surface area contributed by atoms with Crippen molar-refractivity contribution in [1.82, 2.24) is 9.88 Å². The molecule has 0 radical (unpaired) electrons. The molecule has 1 aliphatic rings. The number of amides is 3.